The van der Waals surface area contributed by atoms with Crippen molar-refractivity contribution in [1.82, 2.24) is 10.2 Å². The van der Waals surface area contributed by atoms with E-state index in [0.29, 0.717) is 32.1 Å². The van der Waals surface area contributed by atoms with Gasteiger partial charge in [-0.3, -0.25) is 4.99 Å². The van der Waals surface area contributed by atoms with Crippen molar-refractivity contribution < 1.29 is 14.3 Å². The van der Waals surface area contributed by atoms with Crippen LogP contribution in [-0.2, 0) is 9.47 Å². The zero-order valence-corrected chi connectivity index (χ0v) is 14.1. The van der Waals surface area contributed by atoms with Crippen LogP contribution in [0.5, 0.6) is 0 Å². The highest BCUT2D eigenvalue weighted by molar-refractivity contribution is 5.77. The number of ether oxygens (including phenoxy) is 2. The van der Waals surface area contributed by atoms with E-state index in [9.17, 15) is 4.79 Å². The molecule has 7 heteroatoms. The SMILES string of the molecule is COCCNC(N)=NCCC(C)N(C)C(=O)OC(C)(C)C. The van der Waals surface area contributed by atoms with Gasteiger partial charge in [-0.15, -0.1) is 0 Å². The summed E-state index contributed by atoms with van der Waals surface area (Å²) < 4.78 is 10.2. The Balaban J connectivity index is 4.10. The Labute approximate surface area is 127 Å². The first-order valence-electron chi connectivity index (χ1n) is 7.16. The van der Waals surface area contributed by atoms with Crippen LogP contribution >= 0.6 is 0 Å². The van der Waals surface area contributed by atoms with Crippen molar-refractivity contribution in [3.05, 3.63) is 0 Å². The third-order valence-electron chi connectivity index (χ3n) is 2.78. The molecule has 0 heterocycles. The Kier molecular flexibility index (Phi) is 8.76. The molecule has 124 valence electrons. The second kappa shape index (κ2) is 9.44. The van der Waals surface area contributed by atoms with E-state index in [1.807, 2.05) is 27.7 Å². The number of rotatable bonds is 7. The predicted octanol–water partition coefficient (Wildman–Crippen LogP) is 1.18. The summed E-state index contributed by atoms with van der Waals surface area (Å²) in [6, 6.07) is 0.0235. The van der Waals surface area contributed by atoms with Crippen molar-refractivity contribution in [1.29, 1.82) is 0 Å². The molecule has 1 unspecified atom stereocenters. The number of nitrogens with one attached hydrogen (secondary N) is 1. The first-order valence-corrected chi connectivity index (χ1v) is 7.16. The molecule has 0 aliphatic carbocycles. The molecule has 0 aromatic heterocycles. The van der Waals surface area contributed by atoms with Gasteiger partial charge in [0.15, 0.2) is 5.96 Å². The minimum absolute atomic E-state index is 0.0235. The second-order valence-corrected chi connectivity index (χ2v) is 5.92. The standard InChI is InChI=1S/C14H30N4O3/c1-11(18(5)13(19)21-14(2,3)4)7-8-16-12(15)17-9-10-20-6/h11H,7-10H2,1-6H3,(H3,15,16,17). The van der Waals surface area contributed by atoms with Gasteiger partial charge in [-0.05, 0) is 34.1 Å². The van der Waals surface area contributed by atoms with Gasteiger partial charge in [0.2, 0.25) is 0 Å². The van der Waals surface area contributed by atoms with Crippen molar-refractivity contribution in [2.45, 2.75) is 45.8 Å². The van der Waals surface area contributed by atoms with E-state index in [0.717, 1.165) is 0 Å². The molecule has 0 saturated heterocycles. The van der Waals surface area contributed by atoms with E-state index in [4.69, 9.17) is 15.2 Å². The molecule has 0 radical (unpaired) electrons. The number of nitrogens with zero attached hydrogens (tertiary/aromatic N) is 2. The third kappa shape index (κ3) is 9.95. The molecule has 1 amide bonds. The van der Waals surface area contributed by atoms with Crippen LogP contribution in [0.1, 0.15) is 34.1 Å². The molecule has 0 aromatic rings. The van der Waals surface area contributed by atoms with Crippen LogP contribution in [0.25, 0.3) is 0 Å². The number of guanidine groups is 1. The van der Waals surface area contributed by atoms with E-state index < -0.39 is 5.60 Å². The lowest BCUT2D eigenvalue weighted by Crippen LogP contribution is -2.40. The van der Waals surface area contributed by atoms with Crippen molar-refractivity contribution in [3.63, 3.8) is 0 Å². The highest BCUT2D eigenvalue weighted by atomic mass is 16.6. The van der Waals surface area contributed by atoms with Crippen molar-refractivity contribution >= 4 is 12.1 Å². The van der Waals surface area contributed by atoms with Crippen LogP contribution in [0.3, 0.4) is 0 Å². The van der Waals surface area contributed by atoms with Gasteiger partial charge in [-0.1, -0.05) is 0 Å². The van der Waals surface area contributed by atoms with Gasteiger partial charge in [0.25, 0.3) is 0 Å². The summed E-state index contributed by atoms with van der Waals surface area (Å²) in [4.78, 5) is 17.7. The minimum Gasteiger partial charge on any atom is -0.444 e. The summed E-state index contributed by atoms with van der Waals surface area (Å²) >= 11 is 0. The number of hydrogen-bond donors (Lipinski definition) is 2. The molecule has 7 nitrogen and oxygen atoms in total. The van der Waals surface area contributed by atoms with Gasteiger partial charge in [0.1, 0.15) is 5.60 Å². The Morgan fingerprint density at radius 1 is 1.43 bits per heavy atom. The second-order valence-electron chi connectivity index (χ2n) is 5.92. The molecule has 0 aliphatic heterocycles. The monoisotopic (exact) mass is 302 g/mol. The number of carbonyl (C=O) groups excluding carboxylic acids is 1. The first kappa shape index (κ1) is 19.5. The summed E-state index contributed by atoms with van der Waals surface area (Å²) in [6.45, 7) is 9.24. The molecule has 3 N–H and O–H groups in total. The summed E-state index contributed by atoms with van der Waals surface area (Å²) in [6.07, 6.45) is 0.382. The van der Waals surface area contributed by atoms with Crippen molar-refractivity contribution in [3.8, 4) is 0 Å². The van der Waals surface area contributed by atoms with Crippen LogP contribution in [0.15, 0.2) is 4.99 Å². The van der Waals surface area contributed by atoms with E-state index in [2.05, 4.69) is 10.3 Å². The molecule has 0 fully saturated rings. The molecule has 0 rings (SSSR count). The van der Waals surface area contributed by atoms with Gasteiger partial charge in [0.05, 0.1) is 6.61 Å². The van der Waals surface area contributed by atoms with Crippen molar-refractivity contribution in [2.75, 3.05) is 33.9 Å². The number of methoxy groups -OCH3 is 1. The van der Waals surface area contributed by atoms with E-state index in [1.54, 1.807) is 19.1 Å². The maximum absolute atomic E-state index is 11.9. The maximum Gasteiger partial charge on any atom is 0.410 e. The van der Waals surface area contributed by atoms with Crippen LogP contribution in [-0.4, -0.2) is 62.4 Å². The zero-order chi connectivity index (χ0) is 16.5. The van der Waals surface area contributed by atoms with E-state index >= 15 is 0 Å². The lowest BCUT2D eigenvalue weighted by atomic mass is 10.2. The summed E-state index contributed by atoms with van der Waals surface area (Å²) in [5.74, 6) is 0.388. The number of amides is 1. The fourth-order valence-corrected chi connectivity index (χ4v) is 1.42. The molecule has 0 saturated carbocycles. The van der Waals surface area contributed by atoms with Crippen LogP contribution in [0.4, 0.5) is 4.79 Å². The lowest BCUT2D eigenvalue weighted by Gasteiger charge is -2.28. The minimum atomic E-state index is -0.487. The maximum atomic E-state index is 11.9. The van der Waals surface area contributed by atoms with Gasteiger partial charge in [-0.25, -0.2) is 4.79 Å². The third-order valence-corrected chi connectivity index (χ3v) is 2.78. The van der Waals surface area contributed by atoms with Gasteiger partial charge in [-0.2, -0.15) is 0 Å². The highest BCUT2D eigenvalue weighted by Gasteiger charge is 2.22. The molecule has 21 heavy (non-hydrogen) atoms. The Morgan fingerprint density at radius 2 is 2.05 bits per heavy atom. The largest absolute Gasteiger partial charge is 0.444 e. The average molecular weight is 302 g/mol. The molecule has 1 atom stereocenters. The van der Waals surface area contributed by atoms with Crippen LogP contribution in [0.2, 0.25) is 0 Å². The zero-order valence-electron chi connectivity index (χ0n) is 14.1. The summed E-state index contributed by atoms with van der Waals surface area (Å²) in [5.41, 5.74) is 5.21. The van der Waals surface area contributed by atoms with E-state index in [1.165, 1.54) is 0 Å². The van der Waals surface area contributed by atoms with Crippen molar-refractivity contribution in [2.24, 2.45) is 10.7 Å². The normalized spacial score (nSPS) is 13.7. The lowest BCUT2D eigenvalue weighted by molar-refractivity contribution is 0.0231. The van der Waals surface area contributed by atoms with Crippen LogP contribution < -0.4 is 11.1 Å². The number of nitrogens with two attached hydrogens (primary N) is 1. The fraction of sp³-hybridized carbons (Fsp3) is 0.857. The van der Waals surface area contributed by atoms with Gasteiger partial charge < -0.3 is 25.4 Å². The highest BCUT2D eigenvalue weighted by Crippen LogP contribution is 2.11. The molecule has 0 aliphatic rings. The number of carbonyl (C=O) groups is 1. The molecular weight excluding hydrogens is 272 g/mol. The Morgan fingerprint density at radius 3 is 2.57 bits per heavy atom. The fourth-order valence-electron chi connectivity index (χ4n) is 1.42. The summed E-state index contributed by atoms with van der Waals surface area (Å²) in [7, 11) is 3.35. The smallest absolute Gasteiger partial charge is 0.410 e. The van der Waals surface area contributed by atoms with Gasteiger partial charge >= 0.3 is 6.09 Å². The number of hydrogen-bond acceptors (Lipinski definition) is 4. The predicted molar refractivity (Wildman–Crippen MR) is 84.4 cm³/mol. The van der Waals surface area contributed by atoms with Crippen LogP contribution in [0, 0.1) is 0 Å². The average Bonchev–Trinajstić information content (AvgIpc) is 2.36. The molecule has 0 spiro atoms. The van der Waals surface area contributed by atoms with E-state index in [-0.39, 0.29) is 12.1 Å². The number of aliphatic imine (C=N–C) groups is 1. The Bertz CT molecular complexity index is 340. The quantitative estimate of drug-likeness (QED) is 0.419. The topological polar surface area (TPSA) is 89.2 Å². The first-order chi connectivity index (χ1) is 9.67. The molecule has 0 aromatic carbocycles. The molecular formula is C14H30N4O3. The van der Waals surface area contributed by atoms with Gasteiger partial charge in [0, 0.05) is 33.3 Å². The summed E-state index contributed by atoms with van der Waals surface area (Å²) in [5, 5.41) is 2.94. The Hall–Kier alpha value is -1.50. The molecule has 0 bridgehead atoms.